The minimum Gasteiger partial charge on any atom is -0.294 e. The van der Waals surface area contributed by atoms with Crippen LogP contribution in [0.4, 0.5) is 0 Å². The van der Waals surface area contributed by atoms with Crippen molar-refractivity contribution in [3.63, 3.8) is 0 Å². The molecule has 1 heterocycles. The van der Waals surface area contributed by atoms with Crippen molar-refractivity contribution in [3.8, 4) is 0 Å². The first-order valence-corrected chi connectivity index (χ1v) is 6.81. The molecule has 0 aromatic carbocycles. The van der Waals surface area contributed by atoms with Crippen LogP contribution >= 0.6 is 11.3 Å². The second-order valence-electron chi connectivity index (χ2n) is 5.50. The molecule has 1 aromatic rings. The quantitative estimate of drug-likeness (QED) is 0.762. The Balaban J connectivity index is 3.21. The molecule has 0 aliphatic rings. The van der Waals surface area contributed by atoms with E-state index in [1.807, 2.05) is 11.3 Å². The van der Waals surface area contributed by atoms with Gasteiger partial charge in [-0.1, -0.05) is 0 Å². The highest BCUT2D eigenvalue weighted by molar-refractivity contribution is 7.12. The van der Waals surface area contributed by atoms with E-state index in [2.05, 4.69) is 60.4 Å². The molecule has 0 atom stereocenters. The second-order valence-corrected chi connectivity index (χ2v) is 6.73. The maximum Gasteiger partial charge on any atom is 0.0499 e. The SMILES string of the molecule is Cc1sc(C(C)(C)N(C)C(C)C)c(C)c1C. The van der Waals surface area contributed by atoms with E-state index in [1.165, 1.54) is 20.9 Å². The molecule has 1 aromatic heterocycles. The molecule has 0 saturated heterocycles. The van der Waals surface area contributed by atoms with E-state index in [1.54, 1.807) is 0 Å². The van der Waals surface area contributed by atoms with Crippen LogP contribution in [0.1, 0.15) is 48.6 Å². The first-order valence-electron chi connectivity index (χ1n) is 5.99. The Morgan fingerprint density at radius 2 is 1.56 bits per heavy atom. The fourth-order valence-corrected chi connectivity index (χ4v) is 3.44. The van der Waals surface area contributed by atoms with Gasteiger partial charge in [0.25, 0.3) is 0 Å². The fraction of sp³-hybridized carbons (Fsp3) is 0.714. The van der Waals surface area contributed by atoms with E-state index in [4.69, 9.17) is 0 Å². The van der Waals surface area contributed by atoms with Crippen LogP contribution in [0.5, 0.6) is 0 Å². The first-order chi connectivity index (χ1) is 7.19. The maximum atomic E-state index is 2.45. The number of hydrogen-bond donors (Lipinski definition) is 0. The number of hydrogen-bond acceptors (Lipinski definition) is 2. The normalized spacial score (nSPS) is 12.9. The van der Waals surface area contributed by atoms with Gasteiger partial charge in [-0.3, -0.25) is 4.90 Å². The molecule has 0 N–H and O–H groups in total. The summed E-state index contributed by atoms with van der Waals surface area (Å²) >= 11 is 1.95. The van der Waals surface area contributed by atoms with E-state index in [9.17, 15) is 0 Å². The number of rotatable bonds is 3. The van der Waals surface area contributed by atoms with E-state index in [0.717, 1.165) is 0 Å². The molecule has 16 heavy (non-hydrogen) atoms. The Labute approximate surface area is 104 Å². The van der Waals surface area contributed by atoms with Gasteiger partial charge >= 0.3 is 0 Å². The van der Waals surface area contributed by atoms with Crippen molar-refractivity contribution in [1.82, 2.24) is 4.90 Å². The predicted molar refractivity (Wildman–Crippen MR) is 74.5 cm³/mol. The van der Waals surface area contributed by atoms with E-state index < -0.39 is 0 Å². The number of thiophene rings is 1. The van der Waals surface area contributed by atoms with Crippen molar-refractivity contribution in [3.05, 3.63) is 20.9 Å². The van der Waals surface area contributed by atoms with E-state index in [-0.39, 0.29) is 5.54 Å². The van der Waals surface area contributed by atoms with Gasteiger partial charge in [-0.05, 0) is 66.6 Å². The standard InChI is InChI=1S/C14H25NS/c1-9(2)15(8)14(6,7)13-11(4)10(3)12(5)16-13/h9H,1-8H3. The van der Waals surface area contributed by atoms with Gasteiger partial charge < -0.3 is 0 Å². The van der Waals surface area contributed by atoms with Crippen molar-refractivity contribution < 1.29 is 0 Å². The van der Waals surface area contributed by atoms with Crippen molar-refractivity contribution >= 4 is 11.3 Å². The zero-order valence-electron chi connectivity index (χ0n) is 11.9. The van der Waals surface area contributed by atoms with Gasteiger partial charge in [0.05, 0.1) is 0 Å². The molecular weight excluding hydrogens is 214 g/mol. The third kappa shape index (κ3) is 2.18. The highest BCUT2D eigenvalue weighted by atomic mass is 32.1. The van der Waals surface area contributed by atoms with Crippen LogP contribution in [-0.2, 0) is 5.54 Å². The molecule has 0 bridgehead atoms. The molecular formula is C14H25NS. The Morgan fingerprint density at radius 3 is 1.88 bits per heavy atom. The molecule has 1 nitrogen and oxygen atoms in total. The Morgan fingerprint density at radius 1 is 1.06 bits per heavy atom. The lowest BCUT2D eigenvalue weighted by Gasteiger charge is -2.38. The lowest BCUT2D eigenvalue weighted by atomic mass is 9.95. The molecule has 0 aliphatic carbocycles. The summed E-state index contributed by atoms with van der Waals surface area (Å²) in [4.78, 5) is 5.42. The highest BCUT2D eigenvalue weighted by Crippen LogP contribution is 2.38. The lowest BCUT2D eigenvalue weighted by Crippen LogP contribution is -2.42. The number of nitrogens with zero attached hydrogens (tertiary/aromatic N) is 1. The largest absolute Gasteiger partial charge is 0.294 e. The summed E-state index contributed by atoms with van der Waals surface area (Å²) in [6, 6.07) is 0.567. The van der Waals surface area contributed by atoms with E-state index in [0.29, 0.717) is 6.04 Å². The summed E-state index contributed by atoms with van der Waals surface area (Å²) in [6.07, 6.45) is 0. The zero-order chi connectivity index (χ0) is 12.7. The minimum absolute atomic E-state index is 0.127. The maximum absolute atomic E-state index is 2.45. The molecule has 0 aliphatic heterocycles. The van der Waals surface area contributed by atoms with Crippen LogP contribution in [-0.4, -0.2) is 18.0 Å². The summed E-state index contributed by atoms with van der Waals surface area (Å²) in [5.41, 5.74) is 3.06. The minimum atomic E-state index is 0.127. The van der Waals surface area contributed by atoms with Crippen molar-refractivity contribution in [2.45, 2.75) is 60.0 Å². The van der Waals surface area contributed by atoms with Gasteiger partial charge in [-0.2, -0.15) is 0 Å². The summed E-state index contributed by atoms with van der Waals surface area (Å²) in [5, 5.41) is 0. The summed E-state index contributed by atoms with van der Waals surface area (Å²) in [7, 11) is 2.22. The van der Waals surface area contributed by atoms with Gasteiger partial charge in [0.15, 0.2) is 0 Å². The first kappa shape index (κ1) is 13.7. The molecule has 0 unspecified atom stereocenters. The van der Waals surface area contributed by atoms with Gasteiger partial charge in [-0.15, -0.1) is 11.3 Å². The fourth-order valence-electron chi connectivity index (χ4n) is 2.13. The Kier molecular flexibility index (Phi) is 3.86. The molecule has 92 valence electrons. The summed E-state index contributed by atoms with van der Waals surface area (Å²) in [6.45, 7) is 15.9. The van der Waals surface area contributed by atoms with Gasteiger partial charge in [-0.25, -0.2) is 0 Å². The molecule has 1 rings (SSSR count). The van der Waals surface area contributed by atoms with Crippen LogP contribution in [0.2, 0.25) is 0 Å². The van der Waals surface area contributed by atoms with Crippen molar-refractivity contribution in [2.24, 2.45) is 0 Å². The molecule has 0 radical (unpaired) electrons. The number of aryl methyl sites for hydroxylation is 1. The second kappa shape index (κ2) is 4.50. The topological polar surface area (TPSA) is 3.24 Å². The average molecular weight is 239 g/mol. The Hall–Kier alpha value is -0.340. The third-order valence-corrected chi connectivity index (χ3v) is 5.52. The summed E-state index contributed by atoms with van der Waals surface area (Å²) in [5.74, 6) is 0. The molecule has 0 fully saturated rings. The lowest BCUT2D eigenvalue weighted by molar-refractivity contribution is 0.121. The monoisotopic (exact) mass is 239 g/mol. The summed E-state index contributed by atoms with van der Waals surface area (Å²) < 4.78 is 0. The van der Waals surface area contributed by atoms with Crippen LogP contribution in [0.25, 0.3) is 0 Å². The molecule has 2 heteroatoms. The molecule has 0 amide bonds. The highest BCUT2D eigenvalue weighted by Gasteiger charge is 2.31. The van der Waals surface area contributed by atoms with E-state index >= 15 is 0 Å². The smallest absolute Gasteiger partial charge is 0.0499 e. The van der Waals surface area contributed by atoms with Gasteiger partial charge in [0, 0.05) is 21.3 Å². The van der Waals surface area contributed by atoms with Gasteiger partial charge in [0.2, 0.25) is 0 Å². The van der Waals surface area contributed by atoms with Gasteiger partial charge in [0.1, 0.15) is 0 Å². The molecule has 0 saturated carbocycles. The van der Waals surface area contributed by atoms with Crippen LogP contribution in [0.3, 0.4) is 0 Å². The Bertz CT molecular complexity index is 374. The molecule has 0 spiro atoms. The van der Waals surface area contributed by atoms with Crippen LogP contribution in [0, 0.1) is 20.8 Å². The van der Waals surface area contributed by atoms with Crippen LogP contribution in [0.15, 0.2) is 0 Å². The van der Waals surface area contributed by atoms with Crippen molar-refractivity contribution in [1.29, 1.82) is 0 Å². The third-order valence-electron chi connectivity index (χ3n) is 3.90. The zero-order valence-corrected chi connectivity index (χ0v) is 12.7. The van der Waals surface area contributed by atoms with Crippen molar-refractivity contribution in [2.75, 3.05) is 7.05 Å². The predicted octanol–water partition coefficient (Wildman–Crippen LogP) is 4.25. The van der Waals surface area contributed by atoms with Crippen LogP contribution < -0.4 is 0 Å². The average Bonchev–Trinajstić information content (AvgIpc) is 2.45.